The molecule has 2 bridgehead atoms. The Labute approximate surface area is 176 Å². The molecule has 1 saturated heterocycles. The number of nitrogens with one attached hydrogen (secondary N) is 1. The lowest BCUT2D eigenvalue weighted by atomic mass is 9.85. The van der Waals surface area contributed by atoms with Crippen LogP contribution >= 0.6 is 0 Å². The Hall–Kier alpha value is -4.01. The van der Waals surface area contributed by atoms with Crippen LogP contribution in [-0.2, 0) is 9.59 Å². The minimum Gasteiger partial charge on any atom is -0.506 e. The zero-order valence-corrected chi connectivity index (χ0v) is 16.1. The highest BCUT2D eigenvalue weighted by atomic mass is 16.6. The number of benzene rings is 2. The first-order chi connectivity index (χ1) is 14.8. The van der Waals surface area contributed by atoms with Gasteiger partial charge in [-0.3, -0.25) is 29.4 Å². The molecule has 2 aromatic carbocycles. The van der Waals surface area contributed by atoms with Gasteiger partial charge in [0.15, 0.2) is 0 Å². The molecule has 4 atom stereocenters. The van der Waals surface area contributed by atoms with Crippen molar-refractivity contribution in [2.24, 2.45) is 23.7 Å². The summed E-state index contributed by atoms with van der Waals surface area (Å²) in [5, 5.41) is 23.2. The lowest BCUT2D eigenvalue weighted by Crippen LogP contribution is -2.32. The minimum atomic E-state index is -0.634. The fraction of sp³-hybridized carbons (Fsp3) is 0.227. The number of nitro benzene ring substituents is 1. The molecule has 1 heterocycles. The van der Waals surface area contributed by atoms with Gasteiger partial charge in [-0.25, -0.2) is 0 Å². The summed E-state index contributed by atoms with van der Waals surface area (Å²) in [5.74, 6) is -1.69. The summed E-state index contributed by atoms with van der Waals surface area (Å²) in [6.45, 7) is 0. The van der Waals surface area contributed by atoms with Crippen molar-refractivity contribution in [3.63, 3.8) is 0 Å². The molecule has 0 spiro atoms. The van der Waals surface area contributed by atoms with Crippen molar-refractivity contribution >= 4 is 34.8 Å². The molecule has 1 aliphatic heterocycles. The highest BCUT2D eigenvalue weighted by Gasteiger charge is 2.59. The van der Waals surface area contributed by atoms with Gasteiger partial charge in [0.2, 0.25) is 11.8 Å². The van der Waals surface area contributed by atoms with E-state index >= 15 is 0 Å². The molecule has 3 aliphatic rings. The molecule has 2 aromatic rings. The Bertz CT molecular complexity index is 1140. The Balaban J connectivity index is 1.35. The van der Waals surface area contributed by atoms with Gasteiger partial charge in [-0.05, 0) is 48.6 Å². The van der Waals surface area contributed by atoms with Crippen LogP contribution in [0.2, 0.25) is 0 Å². The van der Waals surface area contributed by atoms with Gasteiger partial charge >= 0.3 is 0 Å². The van der Waals surface area contributed by atoms with E-state index in [0.29, 0.717) is 5.69 Å². The quantitative estimate of drug-likeness (QED) is 0.258. The number of nitro groups is 1. The zero-order chi connectivity index (χ0) is 21.9. The Kier molecular flexibility index (Phi) is 4.14. The molecule has 156 valence electrons. The summed E-state index contributed by atoms with van der Waals surface area (Å²) in [6, 6.07) is 9.27. The predicted octanol–water partition coefficient (Wildman–Crippen LogP) is 2.86. The molecule has 0 radical (unpaired) electrons. The number of hydrogen-bond donors (Lipinski definition) is 2. The van der Waals surface area contributed by atoms with E-state index in [-0.39, 0.29) is 58.2 Å². The van der Waals surface area contributed by atoms with Gasteiger partial charge in [0.05, 0.1) is 28.1 Å². The number of imide groups is 1. The van der Waals surface area contributed by atoms with Gasteiger partial charge in [-0.1, -0.05) is 12.2 Å². The van der Waals surface area contributed by atoms with Gasteiger partial charge in [-0.15, -0.1) is 0 Å². The number of carbonyl (C=O) groups excluding carboxylic acids is 3. The smallest absolute Gasteiger partial charge is 0.271 e. The molecule has 1 saturated carbocycles. The second-order valence-corrected chi connectivity index (χ2v) is 7.97. The van der Waals surface area contributed by atoms with Gasteiger partial charge in [0.1, 0.15) is 5.75 Å². The van der Waals surface area contributed by atoms with E-state index in [1.54, 1.807) is 0 Å². The fourth-order valence-electron chi connectivity index (χ4n) is 4.85. The number of rotatable bonds is 4. The molecule has 31 heavy (non-hydrogen) atoms. The van der Waals surface area contributed by atoms with Gasteiger partial charge in [-0.2, -0.15) is 0 Å². The molecular formula is C22H17N3O6. The number of phenols is 1. The summed E-state index contributed by atoms with van der Waals surface area (Å²) in [7, 11) is 0. The van der Waals surface area contributed by atoms with Crippen LogP contribution in [0.25, 0.3) is 0 Å². The largest absolute Gasteiger partial charge is 0.506 e. The van der Waals surface area contributed by atoms with Gasteiger partial charge in [0, 0.05) is 17.7 Å². The topological polar surface area (TPSA) is 130 Å². The fourth-order valence-corrected chi connectivity index (χ4v) is 4.85. The Morgan fingerprint density at radius 1 is 1.03 bits per heavy atom. The average molecular weight is 419 g/mol. The van der Waals surface area contributed by atoms with E-state index in [4.69, 9.17) is 0 Å². The summed E-state index contributed by atoms with van der Waals surface area (Å²) in [6.07, 6.45) is 4.90. The first kappa shape index (κ1) is 19.0. The van der Waals surface area contributed by atoms with E-state index < -0.39 is 10.8 Å². The maximum Gasteiger partial charge on any atom is 0.271 e. The summed E-state index contributed by atoms with van der Waals surface area (Å²) in [4.78, 5) is 49.7. The molecule has 4 unspecified atom stereocenters. The van der Waals surface area contributed by atoms with Crippen LogP contribution in [0, 0.1) is 33.8 Å². The predicted molar refractivity (Wildman–Crippen MR) is 109 cm³/mol. The van der Waals surface area contributed by atoms with Crippen molar-refractivity contribution in [2.45, 2.75) is 6.42 Å². The summed E-state index contributed by atoms with van der Waals surface area (Å²) in [5.41, 5.74) is 0.238. The second kappa shape index (κ2) is 6.76. The van der Waals surface area contributed by atoms with Crippen LogP contribution in [0.5, 0.6) is 5.75 Å². The van der Waals surface area contributed by atoms with E-state index in [0.717, 1.165) is 24.6 Å². The molecular weight excluding hydrogens is 402 g/mol. The lowest BCUT2D eigenvalue weighted by molar-refractivity contribution is -0.384. The first-order valence-electron chi connectivity index (χ1n) is 9.80. The molecule has 0 aromatic heterocycles. The summed E-state index contributed by atoms with van der Waals surface area (Å²) < 4.78 is 0. The van der Waals surface area contributed by atoms with Crippen LogP contribution in [0.3, 0.4) is 0 Å². The van der Waals surface area contributed by atoms with Crippen molar-refractivity contribution in [1.29, 1.82) is 0 Å². The van der Waals surface area contributed by atoms with Crippen LogP contribution < -0.4 is 10.2 Å². The van der Waals surface area contributed by atoms with Crippen molar-refractivity contribution in [2.75, 3.05) is 10.2 Å². The first-order valence-corrected chi connectivity index (χ1v) is 9.80. The third kappa shape index (κ3) is 2.89. The molecule has 2 N–H and O–H groups in total. The molecule has 2 fully saturated rings. The van der Waals surface area contributed by atoms with Crippen molar-refractivity contribution in [3.05, 3.63) is 70.3 Å². The van der Waals surface area contributed by atoms with Crippen LogP contribution in [0.4, 0.5) is 17.1 Å². The van der Waals surface area contributed by atoms with Gasteiger partial charge in [0.25, 0.3) is 11.6 Å². The maximum atomic E-state index is 12.9. The number of phenolic OH excluding ortho intramolecular Hbond substituents is 1. The molecule has 9 nitrogen and oxygen atoms in total. The number of hydrogen-bond acceptors (Lipinski definition) is 6. The van der Waals surface area contributed by atoms with Crippen molar-refractivity contribution in [3.8, 4) is 5.75 Å². The average Bonchev–Trinajstić information content (AvgIpc) is 3.43. The molecule has 2 aliphatic carbocycles. The van der Waals surface area contributed by atoms with Crippen LogP contribution in [0.1, 0.15) is 16.8 Å². The SMILES string of the molecule is O=C(Nc1cc([N+](=O)[O-])ccc1O)c1ccc(N2C(=O)C3C4C=CC(C4)C3C2=O)cc1. The highest BCUT2D eigenvalue weighted by Crippen LogP contribution is 2.53. The van der Waals surface area contributed by atoms with E-state index in [1.807, 2.05) is 12.2 Å². The number of non-ortho nitro benzene ring substituents is 1. The van der Waals surface area contributed by atoms with E-state index in [1.165, 1.54) is 29.2 Å². The van der Waals surface area contributed by atoms with E-state index in [9.17, 15) is 29.6 Å². The third-order valence-electron chi connectivity index (χ3n) is 6.30. The van der Waals surface area contributed by atoms with Crippen molar-refractivity contribution < 1.29 is 24.4 Å². The van der Waals surface area contributed by atoms with Crippen molar-refractivity contribution in [1.82, 2.24) is 0 Å². The Morgan fingerprint density at radius 3 is 2.23 bits per heavy atom. The number of allylic oxidation sites excluding steroid dienone is 2. The minimum absolute atomic E-state index is 0.0935. The number of aromatic hydroxyl groups is 1. The van der Waals surface area contributed by atoms with E-state index in [2.05, 4.69) is 5.32 Å². The highest BCUT2D eigenvalue weighted by molar-refractivity contribution is 6.23. The van der Waals surface area contributed by atoms with Crippen LogP contribution in [0.15, 0.2) is 54.6 Å². The Morgan fingerprint density at radius 2 is 1.65 bits per heavy atom. The monoisotopic (exact) mass is 419 g/mol. The standard InChI is InChI=1S/C22H17N3O6/c26-17-8-7-15(25(30)31)10-16(17)23-20(27)11-3-5-14(6-4-11)24-21(28)18-12-1-2-13(9-12)19(18)22(24)29/h1-8,10,12-13,18-19,26H,9H2,(H,23,27). The number of carbonyl (C=O) groups is 3. The number of amides is 3. The zero-order valence-electron chi connectivity index (χ0n) is 16.1. The third-order valence-corrected chi connectivity index (χ3v) is 6.30. The second-order valence-electron chi connectivity index (χ2n) is 7.97. The summed E-state index contributed by atoms with van der Waals surface area (Å²) >= 11 is 0. The molecule has 5 rings (SSSR count). The number of fused-ring (bicyclic) bond motifs is 5. The lowest BCUT2D eigenvalue weighted by Gasteiger charge is -2.17. The number of nitrogens with zero attached hydrogens (tertiary/aromatic N) is 2. The molecule has 3 amide bonds. The number of anilines is 2. The normalized spacial score (nSPS) is 25.7. The van der Waals surface area contributed by atoms with Crippen LogP contribution in [-0.4, -0.2) is 27.8 Å². The molecule has 9 heteroatoms. The maximum absolute atomic E-state index is 12.9. The van der Waals surface area contributed by atoms with Gasteiger partial charge < -0.3 is 10.4 Å².